The average molecular weight is 245 g/mol. The maximum atomic E-state index is 4.56. The molecule has 16 heavy (non-hydrogen) atoms. The summed E-state index contributed by atoms with van der Waals surface area (Å²) in [6.45, 7) is 8.31. The number of aliphatic imine (C=N–C) groups is 1. The van der Waals surface area contributed by atoms with Gasteiger partial charge in [-0.3, -0.25) is 4.99 Å². The molecule has 0 radical (unpaired) electrons. The van der Waals surface area contributed by atoms with E-state index in [2.05, 4.69) is 42.7 Å². The molecule has 3 nitrogen and oxygen atoms in total. The van der Waals surface area contributed by atoms with Gasteiger partial charge < -0.3 is 10.6 Å². The number of hydrogen-bond donors (Lipinski definition) is 2. The van der Waals surface area contributed by atoms with Gasteiger partial charge in [-0.2, -0.15) is 11.8 Å². The van der Waals surface area contributed by atoms with Gasteiger partial charge >= 0.3 is 0 Å². The summed E-state index contributed by atoms with van der Waals surface area (Å²) < 4.78 is 0. The molecule has 96 valence electrons. The number of thioether (sulfide) groups is 1. The normalized spacial score (nSPS) is 13.6. The SMILES string of the molecule is CCNC(=NCCCCSC)NC(C)CC. The Bertz CT molecular complexity index is 183. The van der Waals surface area contributed by atoms with E-state index in [0.717, 1.165) is 25.5 Å². The van der Waals surface area contributed by atoms with Gasteiger partial charge in [-0.15, -0.1) is 0 Å². The van der Waals surface area contributed by atoms with E-state index in [-0.39, 0.29) is 0 Å². The zero-order valence-electron chi connectivity index (χ0n) is 11.2. The molecule has 0 saturated heterocycles. The Hall–Kier alpha value is -0.380. The minimum atomic E-state index is 0.490. The van der Waals surface area contributed by atoms with Crippen LogP contribution < -0.4 is 10.6 Å². The Morgan fingerprint density at radius 1 is 1.31 bits per heavy atom. The average Bonchev–Trinajstić information content (AvgIpc) is 2.28. The van der Waals surface area contributed by atoms with Crippen LogP contribution >= 0.6 is 11.8 Å². The first kappa shape index (κ1) is 15.6. The van der Waals surface area contributed by atoms with Gasteiger partial charge in [0.25, 0.3) is 0 Å². The first-order valence-electron chi connectivity index (χ1n) is 6.28. The minimum absolute atomic E-state index is 0.490. The van der Waals surface area contributed by atoms with Crippen molar-refractivity contribution in [3.8, 4) is 0 Å². The minimum Gasteiger partial charge on any atom is -0.357 e. The first-order chi connectivity index (χ1) is 7.74. The summed E-state index contributed by atoms with van der Waals surface area (Å²) in [5.41, 5.74) is 0. The number of nitrogens with zero attached hydrogens (tertiary/aromatic N) is 1. The fourth-order valence-corrected chi connectivity index (χ4v) is 1.70. The third-order valence-corrected chi connectivity index (χ3v) is 3.06. The van der Waals surface area contributed by atoms with E-state index >= 15 is 0 Å². The standard InChI is InChI=1S/C12H27N3S/c1-5-11(3)15-12(13-6-2)14-9-7-8-10-16-4/h11H,5-10H2,1-4H3,(H2,13,14,15). The summed E-state index contributed by atoms with van der Waals surface area (Å²) in [5, 5.41) is 6.66. The first-order valence-corrected chi connectivity index (χ1v) is 7.67. The highest BCUT2D eigenvalue weighted by Crippen LogP contribution is 1.99. The van der Waals surface area contributed by atoms with E-state index in [1.807, 2.05) is 11.8 Å². The highest BCUT2D eigenvalue weighted by Gasteiger charge is 2.01. The van der Waals surface area contributed by atoms with Crippen molar-refractivity contribution >= 4 is 17.7 Å². The smallest absolute Gasteiger partial charge is 0.191 e. The topological polar surface area (TPSA) is 36.4 Å². The third-order valence-electron chi connectivity index (χ3n) is 2.37. The molecule has 0 fully saturated rings. The Labute approximate surface area is 105 Å². The second-order valence-electron chi connectivity index (χ2n) is 3.91. The molecule has 0 amide bonds. The Morgan fingerprint density at radius 2 is 2.06 bits per heavy atom. The summed E-state index contributed by atoms with van der Waals surface area (Å²) in [7, 11) is 0. The third kappa shape index (κ3) is 8.89. The molecule has 1 unspecified atom stereocenters. The molecule has 0 aliphatic carbocycles. The number of nitrogens with one attached hydrogen (secondary N) is 2. The quantitative estimate of drug-likeness (QED) is 0.392. The van der Waals surface area contributed by atoms with Crippen LogP contribution in [-0.2, 0) is 0 Å². The van der Waals surface area contributed by atoms with Crippen LogP contribution in [-0.4, -0.2) is 37.1 Å². The lowest BCUT2D eigenvalue weighted by Crippen LogP contribution is -2.42. The molecule has 0 aromatic rings. The monoisotopic (exact) mass is 245 g/mol. The van der Waals surface area contributed by atoms with Crippen molar-refractivity contribution in [1.82, 2.24) is 10.6 Å². The molecule has 1 atom stereocenters. The van der Waals surface area contributed by atoms with Gasteiger partial charge in [-0.05, 0) is 45.1 Å². The molecule has 0 saturated carbocycles. The summed E-state index contributed by atoms with van der Waals surface area (Å²) >= 11 is 1.91. The predicted molar refractivity (Wildman–Crippen MR) is 76.5 cm³/mol. The van der Waals surface area contributed by atoms with Crippen LogP contribution in [0, 0.1) is 0 Å². The van der Waals surface area contributed by atoms with Crippen molar-refractivity contribution in [2.75, 3.05) is 25.1 Å². The molecule has 0 bridgehead atoms. The Balaban J connectivity index is 3.84. The lowest BCUT2D eigenvalue weighted by atomic mass is 10.3. The molecular weight excluding hydrogens is 218 g/mol. The number of hydrogen-bond acceptors (Lipinski definition) is 2. The molecule has 0 aliphatic rings. The molecular formula is C12H27N3S. The summed E-state index contributed by atoms with van der Waals surface area (Å²) in [5.74, 6) is 2.20. The highest BCUT2D eigenvalue weighted by atomic mass is 32.2. The lowest BCUT2D eigenvalue weighted by molar-refractivity contribution is 0.623. The van der Waals surface area contributed by atoms with Crippen molar-refractivity contribution in [3.63, 3.8) is 0 Å². The molecule has 0 aromatic carbocycles. The molecule has 0 aromatic heterocycles. The zero-order chi connectivity index (χ0) is 12.2. The van der Waals surface area contributed by atoms with Crippen LogP contribution in [0.1, 0.15) is 40.0 Å². The second kappa shape index (κ2) is 11.1. The van der Waals surface area contributed by atoms with Gasteiger partial charge in [0.05, 0.1) is 0 Å². The largest absolute Gasteiger partial charge is 0.357 e. The Morgan fingerprint density at radius 3 is 2.62 bits per heavy atom. The van der Waals surface area contributed by atoms with Crippen LogP contribution in [0.25, 0.3) is 0 Å². The van der Waals surface area contributed by atoms with Crippen LogP contribution in [0.5, 0.6) is 0 Å². The van der Waals surface area contributed by atoms with Gasteiger partial charge in [0.15, 0.2) is 5.96 Å². The maximum Gasteiger partial charge on any atom is 0.191 e. The molecule has 0 aliphatic heterocycles. The van der Waals surface area contributed by atoms with Crippen LogP contribution in [0.15, 0.2) is 4.99 Å². The fraction of sp³-hybridized carbons (Fsp3) is 0.917. The predicted octanol–water partition coefficient (Wildman–Crippen LogP) is 2.48. The second-order valence-corrected chi connectivity index (χ2v) is 4.90. The molecule has 4 heteroatoms. The molecule has 0 rings (SSSR count). The van der Waals surface area contributed by atoms with Crippen LogP contribution in [0.4, 0.5) is 0 Å². The van der Waals surface area contributed by atoms with E-state index in [0.29, 0.717) is 6.04 Å². The van der Waals surface area contributed by atoms with Crippen LogP contribution in [0.2, 0.25) is 0 Å². The number of rotatable bonds is 8. The Kier molecular flexibility index (Phi) is 10.9. The van der Waals surface area contributed by atoms with Crippen molar-refractivity contribution in [2.45, 2.75) is 46.1 Å². The lowest BCUT2D eigenvalue weighted by Gasteiger charge is -2.16. The highest BCUT2D eigenvalue weighted by molar-refractivity contribution is 7.98. The number of unbranched alkanes of at least 4 members (excludes halogenated alkanes) is 1. The van der Waals surface area contributed by atoms with Crippen molar-refractivity contribution in [3.05, 3.63) is 0 Å². The fourth-order valence-electron chi connectivity index (χ4n) is 1.20. The van der Waals surface area contributed by atoms with E-state index in [1.165, 1.54) is 18.6 Å². The number of guanidine groups is 1. The van der Waals surface area contributed by atoms with E-state index in [4.69, 9.17) is 0 Å². The van der Waals surface area contributed by atoms with Gasteiger partial charge in [-0.1, -0.05) is 6.92 Å². The van der Waals surface area contributed by atoms with Crippen molar-refractivity contribution in [1.29, 1.82) is 0 Å². The van der Waals surface area contributed by atoms with E-state index < -0.39 is 0 Å². The molecule has 0 spiro atoms. The molecule has 2 N–H and O–H groups in total. The van der Waals surface area contributed by atoms with Gasteiger partial charge in [0.2, 0.25) is 0 Å². The van der Waals surface area contributed by atoms with E-state index in [9.17, 15) is 0 Å². The van der Waals surface area contributed by atoms with Gasteiger partial charge in [0, 0.05) is 19.1 Å². The summed E-state index contributed by atoms with van der Waals surface area (Å²) in [4.78, 5) is 4.56. The zero-order valence-corrected chi connectivity index (χ0v) is 12.0. The van der Waals surface area contributed by atoms with Crippen LogP contribution in [0.3, 0.4) is 0 Å². The van der Waals surface area contributed by atoms with Crippen molar-refractivity contribution < 1.29 is 0 Å². The molecule has 0 heterocycles. The van der Waals surface area contributed by atoms with E-state index in [1.54, 1.807) is 0 Å². The van der Waals surface area contributed by atoms with Crippen molar-refractivity contribution in [2.24, 2.45) is 4.99 Å². The van der Waals surface area contributed by atoms with Gasteiger partial charge in [-0.25, -0.2) is 0 Å². The maximum absolute atomic E-state index is 4.56. The summed E-state index contributed by atoms with van der Waals surface area (Å²) in [6.07, 6.45) is 5.71. The summed E-state index contributed by atoms with van der Waals surface area (Å²) in [6, 6.07) is 0.490. The van der Waals surface area contributed by atoms with Gasteiger partial charge in [0.1, 0.15) is 0 Å².